The van der Waals surface area contributed by atoms with E-state index in [1.54, 1.807) is 0 Å². The molecule has 1 nitrogen and oxygen atoms in total. The minimum absolute atomic E-state index is 1.10. The van der Waals surface area contributed by atoms with E-state index in [4.69, 9.17) is 0 Å². The van der Waals surface area contributed by atoms with Crippen LogP contribution in [0.3, 0.4) is 0 Å². The Balaban J connectivity index is 2.75. The van der Waals surface area contributed by atoms with Gasteiger partial charge in [0.1, 0.15) is 0 Å². The maximum Gasteiger partial charge on any atom is 0.0413 e. The third kappa shape index (κ3) is 3.77. The highest BCUT2D eigenvalue weighted by Gasteiger charge is 1.96. The van der Waals surface area contributed by atoms with Crippen molar-refractivity contribution in [3.05, 3.63) is 65.9 Å². The van der Waals surface area contributed by atoms with Crippen LogP contribution in [0.25, 0.3) is 0 Å². The van der Waals surface area contributed by atoms with E-state index >= 15 is 0 Å². The van der Waals surface area contributed by atoms with Crippen molar-refractivity contribution < 1.29 is 0 Å². The van der Waals surface area contributed by atoms with Gasteiger partial charge in [-0.15, -0.1) is 0 Å². The second kappa shape index (κ2) is 6.67. The molecule has 0 fully saturated rings. The van der Waals surface area contributed by atoms with Crippen molar-refractivity contribution in [2.45, 2.75) is 20.8 Å². The van der Waals surface area contributed by atoms with Crippen LogP contribution >= 0.6 is 0 Å². The lowest BCUT2D eigenvalue weighted by atomic mass is 10.2. The second-order valence-corrected chi connectivity index (χ2v) is 3.57. The lowest BCUT2D eigenvalue weighted by Gasteiger charge is -2.09. The number of anilines is 1. The van der Waals surface area contributed by atoms with Crippen LogP contribution in [-0.2, 0) is 0 Å². The van der Waals surface area contributed by atoms with E-state index in [9.17, 15) is 0 Å². The molecule has 1 aromatic carbocycles. The number of nitrogens with one attached hydrogen (secondary N) is 1. The molecule has 1 aromatic rings. The SMILES string of the molecule is C\C=C/C=C\C(=C\C)Nc1ccccc1C. The first-order valence-electron chi connectivity index (χ1n) is 5.56. The highest BCUT2D eigenvalue weighted by Crippen LogP contribution is 2.15. The summed E-state index contributed by atoms with van der Waals surface area (Å²) >= 11 is 0. The van der Waals surface area contributed by atoms with E-state index in [1.165, 1.54) is 5.56 Å². The molecule has 0 aliphatic rings. The van der Waals surface area contributed by atoms with E-state index in [-0.39, 0.29) is 0 Å². The topological polar surface area (TPSA) is 12.0 Å². The van der Waals surface area contributed by atoms with Gasteiger partial charge >= 0.3 is 0 Å². The quantitative estimate of drug-likeness (QED) is 0.729. The second-order valence-electron chi connectivity index (χ2n) is 3.57. The average molecular weight is 213 g/mol. The molecule has 0 radical (unpaired) electrons. The van der Waals surface area contributed by atoms with Crippen LogP contribution < -0.4 is 5.32 Å². The fourth-order valence-electron chi connectivity index (χ4n) is 1.35. The van der Waals surface area contributed by atoms with Gasteiger partial charge in [0.25, 0.3) is 0 Å². The van der Waals surface area contributed by atoms with E-state index < -0.39 is 0 Å². The first-order valence-corrected chi connectivity index (χ1v) is 5.56. The molecule has 0 atom stereocenters. The number of para-hydroxylation sites is 1. The first kappa shape index (κ1) is 12.3. The molecular weight excluding hydrogens is 194 g/mol. The molecule has 0 aliphatic heterocycles. The van der Waals surface area contributed by atoms with E-state index in [2.05, 4.69) is 36.5 Å². The molecule has 0 saturated heterocycles. The summed E-state index contributed by atoms with van der Waals surface area (Å²) in [5, 5.41) is 3.40. The largest absolute Gasteiger partial charge is 0.356 e. The molecule has 0 heterocycles. The van der Waals surface area contributed by atoms with Gasteiger partial charge in [-0.1, -0.05) is 42.5 Å². The molecule has 0 unspecified atom stereocenters. The zero-order chi connectivity index (χ0) is 11.8. The molecule has 0 aromatic heterocycles. The average Bonchev–Trinajstić information content (AvgIpc) is 2.30. The Labute approximate surface area is 98.2 Å². The lowest BCUT2D eigenvalue weighted by molar-refractivity contribution is 1.38. The summed E-state index contributed by atoms with van der Waals surface area (Å²) in [7, 11) is 0. The summed E-state index contributed by atoms with van der Waals surface area (Å²) < 4.78 is 0. The van der Waals surface area contributed by atoms with Gasteiger partial charge in [-0.05, 0) is 38.5 Å². The van der Waals surface area contributed by atoms with Crippen molar-refractivity contribution in [1.29, 1.82) is 0 Å². The highest BCUT2D eigenvalue weighted by molar-refractivity contribution is 5.56. The van der Waals surface area contributed by atoms with Gasteiger partial charge in [0.15, 0.2) is 0 Å². The standard InChI is InChI=1S/C15H19N/c1-4-6-7-11-14(5-2)16-15-12-9-8-10-13(15)3/h4-12,16H,1-3H3/b6-4-,11-7-,14-5-. The molecule has 0 aliphatic carbocycles. The Morgan fingerprint density at radius 1 is 1.12 bits per heavy atom. The summed E-state index contributed by atoms with van der Waals surface area (Å²) in [6, 6.07) is 8.28. The van der Waals surface area contributed by atoms with Gasteiger partial charge < -0.3 is 5.32 Å². The Kier molecular flexibility index (Phi) is 5.13. The van der Waals surface area contributed by atoms with E-state index in [0.717, 1.165) is 11.4 Å². The molecule has 1 N–H and O–H groups in total. The molecule has 0 bridgehead atoms. The van der Waals surface area contributed by atoms with Gasteiger partial charge in [-0.3, -0.25) is 0 Å². The zero-order valence-electron chi connectivity index (χ0n) is 10.2. The zero-order valence-corrected chi connectivity index (χ0v) is 10.2. The van der Waals surface area contributed by atoms with Gasteiger partial charge in [-0.25, -0.2) is 0 Å². The number of hydrogen-bond donors (Lipinski definition) is 1. The van der Waals surface area contributed by atoms with Crippen LogP contribution in [0.4, 0.5) is 5.69 Å². The van der Waals surface area contributed by atoms with E-state index in [1.807, 2.05) is 44.2 Å². The summed E-state index contributed by atoms with van der Waals surface area (Å²) in [5.74, 6) is 0. The number of hydrogen-bond acceptors (Lipinski definition) is 1. The monoisotopic (exact) mass is 213 g/mol. The smallest absolute Gasteiger partial charge is 0.0413 e. The summed E-state index contributed by atoms with van der Waals surface area (Å²) in [5.41, 5.74) is 3.51. The predicted octanol–water partition coefficient (Wildman–Crippen LogP) is 4.44. The molecule has 0 spiro atoms. The fourth-order valence-corrected chi connectivity index (χ4v) is 1.35. The minimum Gasteiger partial charge on any atom is -0.356 e. The van der Waals surface area contributed by atoms with Crippen molar-refractivity contribution in [3.8, 4) is 0 Å². The van der Waals surface area contributed by atoms with Crippen LogP contribution in [0.5, 0.6) is 0 Å². The first-order chi connectivity index (χ1) is 7.77. The minimum atomic E-state index is 1.10. The summed E-state index contributed by atoms with van der Waals surface area (Å²) in [6.45, 7) is 6.14. The molecule has 16 heavy (non-hydrogen) atoms. The van der Waals surface area contributed by atoms with Gasteiger partial charge in [0.2, 0.25) is 0 Å². The van der Waals surface area contributed by atoms with Crippen molar-refractivity contribution >= 4 is 5.69 Å². The molecular formula is C15H19N. The molecule has 0 amide bonds. The Bertz CT molecular complexity index is 411. The molecule has 1 rings (SSSR count). The Morgan fingerprint density at radius 2 is 1.88 bits per heavy atom. The van der Waals surface area contributed by atoms with E-state index in [0.29, 0.717) is 0 Å². The van der Waals surface area contributed by atoms with Gasteiger partial charge in [0.05, 0.1) is 0 Å². The number of benzene rings is 1. The molecule has 84 valence electrons. The fraction of sp³-hybridized carbons (Fsp3) is 0.200. The molecule has 1 heteroatoms. The van der Waals surface area contributed by atoms with Crippen LogP contribution in [0.2, 0.25) is 0 Å². The predicted molar refractivity (Wildman–Crippen MR) is 72.5 cm³/mol. The molecule has 0 saturated carbocycles. The highest BCUT2D eigenvalue weighted by atomic mass is 14.9. The number of aryl methyl sites for hydroxylation is 1. The van der Waals surface area contributed by atoms with Crippen molar-refractivity contribution in [2.75, 3.05) is 5.32 Å². The summed E-state index contributed by atoms with van der Waals surface area (Å²) in [4.78, 5) is 0. The maximum absolute atomic E-state index is 3.40. The van der Waals surface area contributed by atoms with Crippen LogP contribution in [0.1, 0.15) is 19.4 Å². The normalized spacial score (nSPS) is 12.6. The van der Waals surface area contributed by atoms with Crippen molar-refractivity contribution in [2.24, 2.45) is 0 Å². The lowest BCUT2D eigenvalue weighted by Crippen LogP contribution is -1.97. The van der Waals surface area contributed by atoms with Crippen molar-refractivity contribution in [3.63, 3.8) is 0 Å². The Hall–Kier alpha value is -1.76. The maximum atomic E-state index is 3.40. The third-order valence-corrected chi connectivity index (χ3v) is 2.31. The van der Waals surface area contributed by atoms with Crippen LogP contribution in [0, 0.1) is 6.92 Å². The van der Waals surface area contributed by atoms with Crippen LogP contribution in [0.15, 0.2) is 60.3 Å². The van der Waals surface area contributed by atoms with Gasteiger partial charge in [-0.2, -0.15) is 0 Å². The Morgan fingerprint density at radius 3 is 2.50 bits per heavy atom. The number of allylic oxidation sites excluding steroid dienone is 5. The third-order valence-electron chi connectivity index (χ3n) is 2.31. The van der Waals surface area contributed by atoms with Crippen molar-refractivity contribution in [1.82, 2.24) is 0 Å². The number of rotatable bonds is 4. The van der Waals surface area contributed by atoms with Crippen LogP contribution in [-0.4, -0.2) is 0 Å². The van der Waals surface area contributed by atoms with Gasteiger partial charge in [0, 0.05) is 11.4 Å². The summed E-state index contributed by atoms with van der Waals surface area (Å²) in [6.07, 6.45) is 10.2.